The van der Waals surface area contributed by atoms with Crippen LogP contribution in [-0.2, 0) is 16.6 Å². The first kappa shape index (κ1) is 26.5. The lowest BCUT2D eigenvalue weighted by Crippen LogP contribution is -2.18. The Balaban J connectivity index is 1.67. The Morgan fingerprint density at radius 3 is 2.61 bits per heavy atom. The highest BCUT2D eigenvalue weighted by Crippen LogP contribution is 2.48. The molecule has 2 aromatic carbocycles. The van der Waals surface area contributed by atoms with E-state index in [4.69, 9.17) is 20.5 Å². The minimum absolute atomic E-state index is 0.0290. The molecule has 8 nitrogen and oxygen atoms in total. The summed E-state index contributed by atoms with van der Waals surface area (Å²) in [5, 5.41) is 4.67. The van der Waals surface area contributed by atoms with Crippen LogP contribution in [0.25, 0.3) is 33.7 Å². The van der Waals surface area contributed by atoms with E-state index in [9.17, 15) is 17.6 Å². The average Bonchev–Trinajstić information content (AvgIpc) is 3.55. The fraction of sp³-hybridized carbons (Fsp3) is 0.407. The molecule has 4 aromatic rings. The topological polar surface area (TPSA) is 107 Å². The first-order valence-corrected chi connectivity index (χ1v) is 14.8. The van der Waals surface area contributed by atoms with Crippen molar-refractivity contribution in [3.8, 4) is 22.7 Å². The van der Waals surface area contributed by atoms with Crippen LogP contribution in [0.5, 0.6) is 0 Å². The predicted molar refractivity (Wildman–Crippen MR) is 146 cm³/mol. The van der Waals surface area contributed by atoms with Crippen LogP contribution in [0.15, 0.2) is 50.1 Å². The van der Waals surface area contributed by atoms with Crippen molar-refractivity contribution < 1.29 is 21.7 Å². The lowest BCUT2D eigenvalue weighted by molar-refractivity contribution is 0.377. The van der Waals surface area contributed by atoms with Crippen LogP contribution >= 0.6 is 11.6 Å². The van der Waals surface area contributed by atoms with Gasteiger partial charge in [-0.25, -0.2) is 17.6 Å². The highest BCUT2D eigenvalue weighted by molar-refractivity contribution is 7.92. The molecule has 0 spiro atoms. The molecule has 1 saturated carbocycles. The molecule has 0 aliphatic heterocycles. The molecule has 2 aromatic heterocycles. The summed E-state index contributed by atoms with van der Waals surface area (Å²) < 4.78 is 54.9. The summed E-state index contributed by atoms with van der Waals surface area (Å²) in [5.74, 6) is 0.334. The number of anilines is 1. The largest absolute Gasteiger partial charge is 0.455 e. The summed E-state index contributed by atoms with van der Waals surface area (Å²) in [5.41, 5.74) is 2.79. The fourth-order valence-electron chi connectivity index (χ4n) is 4.64. The van der Waals surface area contributed by atoms with E-state index in [1.807, 2.05) is 6.07 Å². The molecule has 0 atom stereocenters. The summed E-state index contributed by atoms with van der Waals surface area (Å²) in [7, 11) is -3.57. The summed E-state index contributed by atoms with van der Waals surface area (Å²) in [6.07, 6.45) is 3.26. The second-order valence-corrected chi connectivity index (χ2v) is 12.3. The van der Waals surface area contributed by atoms with E-state index in [1.165, 1.54) is 16.7 Å². The summed E-state index contributed by atoms with van der Waals surface area (Å²) in [6.45, 7) is 4.29. The van der Waals surface area contributed by atoms with Gasteiger partial charge in [-0.15, -0.1) is 11.6 Å². The van der Waals surface area contributed by atoms with Crippen molar-refractivity contribution in [1.29, 1.82) is 0 Å². The van der Waals surface area contributed by atoms with Gasteiger partial charge in [0.1, 0.15) is 17.2 Å². The number of furan rings is 1. The van der Waals surface area contributed by atoms with Gasteiger partial charge in [0.15, 0.2) is 5.82 Å². The zero-order valence-corrected chi connectivity index (χ0v) is 22.7. The van der Waals surface area contributed by atoms with Gasteiger partial charge < -0.3 is 4.42 Å². The van der Waals surface area contributed by atoms with Crippen molar-refractivity contribution >= 4 is 38.3 Å². The number of alkyl halides is 1. The SMILES string of the molecule is CC(C)CCCS(=O)(=O)Nc1cc2oc(-c3ccc(F)cc3)c(-c3noc(=O)n3CCCl)c2cc1C1CC1. The fourth-order valence-corrected chi connectivity index (χ4v) is 5.97. The molecule has 0 saturated heterocycles. The van der Waals surface area contributed by atoms with E-state index in [-0.39, 0.29) is 29.9 Å². The predicted octanol–water partition coefficient (Wildman–Crippen LogP) is 6.35. The molecular weight excluding hydrogens is 533 g/mol. The van der Waals surface area contributed by atoms with Gasteiger partial charge in [0.25, 0.3) is 0 Å². The number of aromatic nitrogens is 2. The van der Waals surface area contributed by atoms with Crippen LogP contribution in [0, 0.1) is 11.7 Å². The number of nitrogens with one attached hydrogen (secondary N) is 1. The minimum atomic E-state index is -3.57. The van der Waals surface area contributed by atoms with Crippen LogP contribution in [0.3, 0.4) is 0 Å². The van der Waals surface area contributed by atoms with Crippen molar-refractivity contribution in [2.24, 2.45) is 5.92 Å². The summed E-state index contributed by atoms with van der Waals surface area (Å²) >= 11 is 5.94. The van der Waals surface area contributed by atoms with Gasteiger partial charge in [0, 0.05) is 29.4 Å². The van der Waals surface area contributed by atoms with E-state index in [2.05, 4.69) is 23.7 Å². The molecule has 1 aliphatic rings. The maximum Gasteiger partial charge on any atom is 0.441 e. The number of hydrogen-bond acceptors (Lipinski definition) is 6. The first-order valence-electron chi connectivity index (χ1n) is 12.7. The van der Waals surface area contributed by atoms with Crippen LogP contribution in [0.2, 0.25) is 0 Å². The Labute approximate surface area is 224 Å². The molecule has 1 N–H and O–H groups in total. The zero-order valence-electron chi connectivity index (χ0n) is 21.2. The maximum absolute atomic E-state index is 13.7. The summed E-state index contributed by atoms with van der Waals surface area (Å²) in [4.78, 5) is 12.4. The van der Waals surface area contributed by atoms with Gasteiger partial charge >= 0.3 is 5.76 Å². The normalized spacial score (nSPS) is 14.0. The molecule has 5 rings (SSSR count). The average molecular weight is 562 g/mol. The highest BCUT2D eigenvalue weighted by atomic mass is 35.5. The number of halogens is 2. The number of fused-ring (bicyclic) bond motifs is 1. The molecule has 2 heterocycles. The first-order chi connectivity index (χ1) is 18.2. The molecule has 38 heavy (non-hydrogen) atoms. The molecular formula is C27H29ClFN3O5S. The van der Waals surface area contributed by atoms with Crippen molar-refractivity contribution in [2.45, 2.75) is 52.0 Å². The van der Waals surface area contributed by atoms with Crippen molar-refractivity contribution in [3.05, 3.63) is 58.3 Å². The minimum Gasteiger partial charge on any atom is -0.455 e. The Morgan fingerprint density at radius 1 is 1.21 bits per heavy atom. The van der Waals surface area contributed by atoms with Crippen molar-refractivity contribution in [1.82, 2.24) is 9.72 Å². The summed E-state index contributed by atoms with van der Waals surface area (Å²) in [6, 6.07) is 9.35. The van der Waals surface area contributed by atoms with E-state index in [0.29, 0.717) is 45.9 Å². The number of nitrogens with zero attached hydrogens (tertiary/aromatic N) is 2. The van der Waals surface area contributed by atoms with Gasteiger partial charge in [-0.1, -0.05) is 19.0 Å². The third-order valence-corrected chi connectivity index (χ3v) is 8.19. The van der Waals surface area contributed by atoms with E-state index in [1.54, 1.807) is 18.2 Å². The monoisotopic (exact) mass is 561 g/mol. The van der Waals surface area contributed by atoms with Crippen LogP contribution in [0.1, 0.15) is 51.0 Å². The molecule has 0 bridgehead atoms. The molecule has 0 radical (unpaired) electrons. The van der Waals surface area contributed by atoms with Crippen molar-refractivity contribution in [2.75, 3.05) is 16.4 Å². The van der Waals surface area contributed by atoms with E-state index >= 15 is 0 Å². The Bertz CT molecular complexity index is 1620. The molecule has 1 aliphatic carbocycles. The van der Waals surface area contributed by atoms with Gasteiger partial charge in [0.05, 0.1) is 17.0 Å². The molecule has 0 amide bonds. The highest BCUT2D eigenvalue weighted by Gasteiger charge is 2.31. The Kier molecular flexibility index (Phi) is 7.37. The van der Waals surface area contributed by atoms with Crippen molar-refractivity contribution in [3.63, 3.8) is 0 Å². The van der Waals surface area contributed by atoms with Gasteiger partial charge in [-0.3, -0.25) is 13.8 Å². The van der Waals surface area contributed by atoms with Crippen LogP contribution < -0.4 is 10.5 Å². The second-order valence-electron chi connectivity index (χ2n) is 10.1. The number of rotatable bonds is 11. The number of sulfonamides is 1. The second kappa shape index (κ2) is 10.6. The maximum atomic E-state index is 13.7. The smallest absolute Gasteiger partial charge is 0.441 e. The van der Waals surface area contributed by atoms with E-state index in [0.717, 1.165) is 24.8 Å². The molecule has 202 valence electrons. The quantitative estimate of drug-likeness (QED) is 0.214. The van der Waals surface area contributed by atoms with Crippen LogP contribution in [-0.4, -0.2) is 29.8 Å². The Hall–Kier alpha value is -3.11. The zero-order chi connectivity index (χ0) is 27.0. The standard InChI is InChI=1S/C27H29ClFN3O5S/c1-16(2)4-3-13-38(34,35)31-22-15-23-21(14-20(22)17-5-6-17)24(26-30-37-27(33)32(26)12-11-28)25(36-23)18-7-9-19(29)10-8-18/h7-10,14-17,31H,3-6,11-13H2,1-2H3. The third-order valence-electron chi connectivity index (χ3n) is 6.66. The number of hydrogen-bond donors (Lipinski definition) is 1. The number of benzene rings is 2. The Morgan fingerprint density at radius 2 is 1.95 bits per heavy atom. The third kappa shape index (κ3) is 5.51. The lowest BCUT2D eigenvalue weighted by atomic mass is 10.0. The van der Waals surface area contributed by atoms with E-state index < -0.39 is 21.6 Å². The molecule has 1 fully saturated rings. The molecule has 0 unspecified atom stereocenters. The van der Waals surface area contributed by atoms with Gasteiger partial charge in [0.2, 0.25) is 10.0 Å². The van der Waals surface area contributed by atoms with Crippen LogP contribution in [0.4, 0.5) is 10.1 Å². The van der Waals surface area contributed by atoms with Gasteiger partial charge in [-0.2, -0.15) is 0 Å². The van der Waals surface area contributed by atoms with Gasteiger partial charge in [-0.05, 0) is 73.4 Å². The lowest BCUT2D eigenvalue weighted by Gasteiger charge is -2.13. The molecule has 11 heteroatoms.